The van der Waals surface area contributed by atoms with Crippen LogP contribution in [0, 0.1) is 18.6 Å². The molecule has 0 aliphatic carbocycles. The van der Waals surface area contributed by atoms with E-state index < -0.39 is 34.5 Å². The van der Waals surface area contributed by atoms with Crippen molar-refractivity contribution in [3.05, 3.63) is 63.4 Å². The van der Waals surface area contributed by atoms with Crippen LogP contribution in [0.15, 0.2) is 24.5 Å². The van der Waals surface area contributed by atoms with Gasteiger partial charge in [-0.1, -0.05) is 11.6 Å². The van der Waals surface area contributed by atoms with E-state index in [1.54, 1.807) is 6.92 Å². The number of aromatic amines is 1. The Morgan fingerprint density at radius 1 is 1.25 bits per heavy atom. The monoisotopic (exact) mass is 349 g/mol. The lowest BCUT2D eigenvalue weighted by Gasteiger charge is -2.07. The van der Waals surface area contributed by atoms with Crippen LogP contribution in [0.3, 0.4) is 0 Å². The number of fused-ring (bicyclic) bond motifs is 1. The third-order valence-electron chi connectivity index (χ3n) is 3.64. The Labute approximate surface area is 139 Å². The van der Waals surface area contributed by atoms with Gasteiger partial charge < -0.3 is 10.7 Å². The molecule has 0 spiro atoms. The number of amides is 1. The summed E-state index contributed by atoms with van der Waals surface area (Å²) in [4.78, 5) is 30.7. The van der Waals surface area contributed by atoms with Crippen LogP contribution in [-0.2, 0) is 0 Å². The van der Waals surface area contributed by atoms with Crippen LogP contribution in [0.5, 0.6) is 0 Å². The van der Waals surface area contributed by atoms with Crippen LogP contribution in [0.1, 0.15) is 31.8 Å². The zero-order chi connectivity index (χ0) is 17.6. The largest absolute Gasteiger partial charge is 0.366 e. The lowest BCUT2D eigenvalue weighted by atomic mass is 9.99. The minimum Gasteiger partial charge on any atom is -0.366 e. The first-order valence-corrected chi connectivity index (χ1v) is 7.15. The molecule has 5 nitrogen and oxygen atoms in total. The molecule has 0 aliphatic rings. The molecule has 8 heteroatoms. The number of pyridine rings is 1. The summed E-state index contributed by atoms with van der Waals surface area (Å²) in [5.74, 6) is -4.48. The highest BCUT2D eigenvalue weighted by Gasteiger charge is 2.26. The Balaban J connectivity index is 2.27. The minimum absolute atomic E-state index is 0.0504. The summed E-state index contributed by atoms with van der Waals surface area (Å²) in [7, 11) is 0. The number of ketones is 1. The Morgan fingerprint density at radius 3 is 2.62 bits per heavy atom. The number of nitrogens with zero attached hydrogens (tertiary/aromatic N) is 1. The van der Waals surface area contributed by atoms with Crippen LogP contribution < -0.4 is 5.73 Å². The molecule has 0 saturated heterocycles. The standard InChI is InChI=1S/C16H10ClF2N3O2/c1-6-4-21-16-10(12(6)17)8(5-22-16)14(23)11-9(18)3-2-7(13(11)19)15(20)24/h2-5H,1H3,(H2,20,24)(H,21,22). The van der Waals surface area contributed by atoms with Gasteiger partial charge >= 0.3 is 0 Å². The number of rotatable bonds is 3. The van der Waals surface area contributed by atoms with Crippen molar-refractivity contribution >= 4 is 34.3 Å². The molecule has 2 aromatic heterocycles. The molecule has 0 unspecified atom stereocenters. The van der Waals surface area contributed by atoms with Gasteiger partial charge in [0.25, 0.3) is 5.91 Å². The topological polar surface area (TPSA) is 88.8 Å². The summed E-state index contributed by atoms with van der Waals surface area (Å²) >= 11 is 6.19. The lowest BCUT2D eigenvalue weighted by molar-refractivity contribution is 0.0996. The molecule has 0 saturated carbocycles. The zero-order valence-corrected chi connectivity index (χ0v) is 13.0. The SMILES string of the molecule is Cc1cnc2[nH]cc(C(=O)c3c(F)ccc(C(N)=O)c3F)c2c1Cl. The molecule has 0 fully saturated rings. The van der Waals surface area contributed by atoms with Crippen molar-refractivity contribution < 1.29 is 18.4 Å². The first-order chi connectivity index (χ1) is 11.3. The Kier molecular flexibility index (Phi) is 3.81. The van der Waals surface area contributed by atoms with Gasteiger partial charge in [-0.15, -0.1) is 0 Å². The number of aromatic nitrogens is 2. The van der Waals surface area contributed by atoms with E-state index in [1.165, 1.54) is 12.4 Å². The lowest BCUT2D eigenvalue weighted by Crippen LogP contribution is -2.17. The van der Waals surface area contributed by atoms with Gasteiger partial charge in [-0.2, -0.15) is 0 Å². The summed E-state index contributed by atoms with van der Waals surface area (Å²) < 4.78 is 28.4. The Morgan fingerprint density at radius 2 is 1.96 bits per heavy atom. The molecule has 3 aromatic rings. The molecule has 0 radical (unpaired) electrons. The summed E-state index contributed by atoms with van der Waals surface area (Å²) in [6.45, 7) is 1.69. The molecular weight excluding hydrogens is 340 g/mol. The van der Waals surface area contributed by atoms with E-state index in [0.29, 0.717) is 11.2 Å². The molecule has 2 heterocycles. The van der Waals surface area contributed by atoms with Crippen molar-refractivity contribution in [3.63, 3.8) is 0 Å². The van der Waals surface area contributed by atoms with Gasteiger partial charge in [0.2, 0.25) is 5.78 Å². The van der Waals surface area contributed by atoms with E-state index >= 15 is 0 Å². The number of benzene rings is 1. The quantitative estimate of drug-likeness (QED) is 0.712. The van der Waals surface area contributed by atoms with Gasteiger partial charge in [0.1, 0.15) is 17.3 Å². The molecule has 0 bridgehead atoms. The van der Waals surface area contributed by atoms with Crippen molar-refractivity contribution in [2.24, 2.45) is 5.73 Å². The van der Waals surface area contributed by atoms with E-state index in [0.717, 1.165) is 12.1 Å². The predicted molar refractivity (Wildman–Crippen MR) is 84.1 cm³/mol. The van der Waals surface area contributed by atoms with E-state index in [9.17, 15) is 18.4 Å². The van der Waals surface area contributed by atoms with Crippen molar-refractivity contribution in [1.29, 1.82) is 0 Å². The van der Waals surface area contributed by atoms with E-state index in [1.807, 2.05) is 0 Å². The second-order valence-corrected chi connectivity index (χ2v) is 5.54. The highest BCUT2D eigenvalue weighted by atomic mass is 35.5. The van der Waals surface area contributed by atoms with Gasteiger partial charge in [-0.3, -0.25) is 9.59 Å². The molecule has 122 valence electrons. The van der Waals surface area contributed by atoms with Crippen molar-refractivity contribution in [2.45, 2.75) is 6.92 Å². The number of carbonyl (C=O) groups is 2. The smallest absolute Gasteiger partial charge is 0.251 e. The minimum atomic E-state index is -1.31. The number of primary amides is 1. The first kappa shape index (κ1) is 16.1. The number of hydrogen-bond acceptors (Lipinski definition) is 3. The predicted octanol–water partition coefficient (Wildman–Crippen LogP) is 3.13. The molecule has 0 aliphatic heterocycles. The third kappa shape index (κ3) is 2.33. The zero-order valence-electron chi connectivity index (χ0n) is 12.3. The summed E-state index contributed by atoms with van der Waals surface area (Å²) in [6.07, 6.45) is 2.77. The molecule has 0 atom stereocenters. The van der Waals surface area contributed by atoms with Crippen LogP contribution in [-0.4, -0.2) is 21.7 Å². The Bertz CT molecular complexity index is 1010. The van der Waals surface area contributed by atoms with Gasteiger partial charge in [0, 0.05) is 17.8 Å². The second kappa shape index (κ2) is 5.68. The van der Waals surface area contributed by atoms with Crippen molar-refractivity contribution in [3.8, 4) is 0 Å². The number of aryl methyl sites for hydroxylation is 1. The molecule has 24 heavy (non-hydrogen) atoms. The maximum Gasteiger partial charge on any atom is 0.251 e. The maximum absolute atomic E-state index is 14.4. The third-order valence-corrected chi connectivity index (χ3v) is 4.13. The summed E-state index contributed by atoms with van der Waals surface area (Å²) in [5, 5.41) is 0.501. The molecule has 3 N–H and O–H groups in total. The van der Waals surface area contributed by atoms with E-state index in [-0.39, 0.29) is 16.0 Å². The first-order valence-electron chi connectivity index (χ1n) is 6.77. The van der Waals surface area contributed by atoms with Crippen LogP contribution in [0.4, 0.5) is 8.78 Å². The normalized spacial score (nSPS) is 11.0. The van der Waals surface area contributed by atoms with Crippen molar-refractivity contribution in [1.82, 2.24) is 9.97 Å². The van der Waals surface area contributed by atoms with Gasteiger partial charge in [0.05, 0.1) is 21.7 Å². The maximum atomic E-state index is 14.4. The van der Waals surface area contributed by atoms with Crippen molar-refractivity contribution in [2.75, 3.05) is 0 Å². The van der Waals surface area contributed by atoms with E-state index in [4.69, 9.17) is 17.3 Å². The fourth-order valence-electron chi connectivity index (χ4n) is 2.42. The molecule has 1 amide bonds. The average Bonchev–Trinajstić information content (AvgIpc) is 2.95. The molecular formula is C16H10ClF2N3O2. The fraction of sp³-hybridized carbons (Fsp3) is 0.0625. The van der Waals surface area contributed by atoms with Gasteiger partial charge in [0.15, 0.2) is 0 Å². The fourth-order valence-corrected chi connectivity index (χ4v) is 2.66. The molecule has 3 rings (SSSR count). The number of carbonyl (C=O) groups excluding carboxylic acids is 2. The second-order valence-electron chi connectivity index (χ2n) is 5.16. The van der Waals surface area contributed by atoms with Crippen LogP contribution >= 0.6 is 11.6 Å². The highest BCUT2D eigenvalue weighted by Crippen LogP contribution is 2.31. The number of nitrogens with one attached hydrogen (secondary N) is 1. The number of H-pyrrole nitrogens is 1. The van der Waals surface area contributed by atoms with Crippen LogP contribution in [0.2, 0.25) is 5.02 Å². The average molecular weight is 350 g/mol. The summed E-state index contributed by atoms with van der Waals surface area (Å²) in [5.41, 5.74) is 4.45. The van der Waals surface area contributed by atoms with Gasteiger partial charge in [-0.25, -0.2) is 13.8 Å². The van der Waals surface area contributed by atoms with Crippen LogP contribution in [0.25, 0.3) is 11.0 Å². The molecule has 1 aromatic carbocycles. The number of hydrogen-bond donors (Lipinski definition) is 2. The Hall–Kier alpha value is -2.80. The van der Waals surface area contributed by atoms with E-state index in [2.05, 4.69) is 9.97 Å². The highest BCUT2D eigenvalue weighted by molar-refractivity contribution is 6.37. The van der Waals surface area contributed by atoms with Gasteiger partial charge in [-0.05, 0) is 24.6 Å². The number of halogens is 3. The summed E-state index contributed by atoms with van der Waals surface area (Å²) in [6, 6.07) is 1.70. The number of nitrogens with two attached hydrogens (primary N) is 1.